The van der Waals surface area contributed by atoms with Gasteiger partial charge >= 0.3 is 5.97 Å². The fourth-order valence-electron chi connectivity index (χ4n) is 2.20. The van der Waals surface area contributed by atoms with Crippen LogP contribution in [-0.4, -0.2) is 29.0 Å². The van der Waals surface area contributed by atoms with Crippen LogP contribution in [-0.2, 0) is 11.3 Å². The van der Waals surface area contributed by atoms with E-state index >= 15 is 0 Å². The molecule has 0 aliphatic rings. The first-order valence-corrected chi connectivity index (χ1v) is 7.63. The quantitative estimate of drug-likeness (QED) is 0.493. The molecule has 0 fully saturated rings. The lowest BCUT2D eigenvalue weighted by Crippen LogP contribution is -2.12. The highest BCUT2D eigenvalue weighted by Crippen LogP contribution is 2.13. The summed E-state index contributed by atoms with van der Waals surface area (Å²) in [4.78, 5) is 11.9. The number of rotatable bonds is 7. The van der Waals surface area contributed by atoms with Gasteiger partial charge in [0.2, 0.25) is 5.76 Å². The van der Waals surface area contributed by atoms with Crippen molar-refractivity contribution in [1.82, 2.24) is 9.78 Å². The maximum Gasteiger partial charge on any atom is 0.374 e. The molecule has 1 aromatic carbocycles. The van der Waals surface area contributed by atoms with Crippen molar-refractivity contribution < 1.29 is 18.7 Å². The van der Waals surface area contributed by atoms with Crippen molar-refractivity contribution >= 4 is 5.97 Å². The third-order valence-electron chi connectivity index (χ3n) is 3.31. The number of carbonyl (C=O) groups is 1. The van der Waals surface area contributed by atoms with Gasteiger partial charge in [0.05, 0.1) is 6.54 Å². The van der Waals surface area contributed by atoms with Crippen molar-refractivity contribution in [2.75, 3.05) is 13.2 Å². The van der Waals surface area contributed by atoms with Gasteiger partial charge < -0.3 is 13.9 Å². The van der Waals surface area contributed by atoms with Gasteiger partial charge in [0, 0.05) is 12.4 Å². The first-order valence-electron chi connectivity index (χ1n) is 7.63. The third-order valence-corrected chi connectivity index (χ3v) is 3.31. The third kappa shape index (κ3) is 4.25. The van der Waals surface area contributed by atoms with E-state index in [1.807, 2.05) is 43.5 Å². The molecule has 0 aliphatic heterocycles. The fourth-order valence-corrected chi connectivity index (χ4v) is 2.20. The zero-order valence-corrected chi connectivity index (χ0v) is 13.3. The van der Waals surface area contributed by atoms with E-state index in [1.165, 1.54) is 0 Å². The largest absolute Gasteiger partial charge is 0.490 e. The van der Waals surface area contributed by atoms with E-state index in [-0.39, 0.29) is 19.0 Å². The SMILES string of the molecule is Cc1cccc(OCCOC(=O)c2ccc(Cn3cccn3)o2)c1. The summed E-state index contributed by atoms with van der Waals surface area (Å²) in [6, 6.07) is 12.9. The second kappa shape index (κ2) is 7.50. The Hall–Kier alpha value is -3.02. The summed E-state index contributed by atoms with van der Waals surface area (Å²) >= 11 is 0. The Labute approximate surface area is 139 Å². The maximum absolute atomic E-state index is 11.9. The molecule has 0 radical (unpaired) electrons. The zero-order chi connectivity index (χ0) is 16.8. The highest BCUT2D eigenvalue weighted by molar-refractivity contribution is 5.86. The second-order valence-corrected chi connectivity index (χ2v) is 5.27. The van der Waals surface area contributed by atoms with Crippen molar-refractivity contribution in [2.24, 2.45) is 0 Å². The number of ether oxygens (including phenoxy) is 2. The van der Waals surface area contributed by atoms with E-state index in [1.54, 1.807) is 23.0 Å². The van der Waals surface area contributed by atoms with E-state index in [0.29, 0.717) is 12.3 Å². The van der Waals surface area contributed by atoms with Crippen LogP contribution < -0.4 is 4.74 Å². The standard InChI is InChI=1S/C18H18N2O4/c1-14-4-2-5-15(12-14)22-10-11-23-18(21)17-7-6-16(24-17)13-20-9-3-8-19-20/h2-9,12H,10-11,13H2,1H3. The van der Waals surface area contributed by atoms with Crippen molar-refractivity contribution in [3.05, 3.63) is 71.9 Å². The molecule has 0 spiro atoms. The van der Waals surface area contributed by atoms with Gasteiger partial charge in [-0.25, -0.2) is 4.79 Å². The molecule has 0 atom stereocenters. The van der Waals surface area contributed by atoms with E-state index in [9.17, 15) is 4.79 Å². The summed E-state index contributed by atoms with van der Waals surface area (Å²) in [5.41, 5.74) is 1.12. The first-order chi connectivity index (χ1) is 11.7. The normalized spacial score (nSPS) is 10.5. The van der Waals surface area contributed by atoms with Gasteiger partial charge in [0.25, 0.3) is 0 Å². The molecule has 0 N–H and O–H groups in total. The van der Waals surface area contributed by atoms with Crippen LogP contribution in [0.5, 0.6) is 5.75 Å². The zero-order valence-electron chi connectivity index (χ0n) is 13.3. The number of nitrogens with zero attached hydrogens (tertiary/aromatic N) is 2. The van der Waals surface area contributed by atoms with E-state index < -0.39 is 5.97 Å². The Bertz CT molecular complexity index is 793. The van der Waals surface area contributed by atoms with E-state index in [0.717, 1.165) is 11.3 Å². The number of hydrogen-bond donors (Lipinski definition) is 0. The lowest BCUT2D eigenvalue weighted by atomic mass is 10.2. The summed E-state index contributed by atoms with van der Waals surface area (Å²) in [6.07, 6.45) is 3.51. The van der Waals surface area contributed by atoms with Gasteiger partial charge in [-0.3, -0.25) is 4.68 Å². The van der Waals surface area contributed by atoms with Gasteiger partial charge in [-0.05, 0) is 42.8 Å². The lowest BCUT2D eigenvalue weighted by molar-refractivity contribution is 0.0413. The Morgan fingerprint density at radius 3 is 2.92 bits per heavy atom. The van der Waals surface area contributed by atoms with Crippen LogP contribution in [0, 0.1) is 6.92 Å². The van der Waals surface area contributed by atoms with Gasteiger partial charge in [-0.2, -0.15) is 5.10 Å². The van der Waals surface area contributed by atoms with Crippen LogP contribution in [0.25, 0.3) is 0 Å². The van der Waals surface area contributed by atoms with Crippen molar-refractivity contribution in [2.45, 2.75) is 13.5 Å². The van der Waals surface area contributed by atoms with Gasteiger partial charge in [0.1, 0.15) is 24.7 Å². The van der Waals surface area contributed by atoms with Crippen molar-refractivity contribution in [1.29, 1.82) is 0 Å². The molecular weight excluding hydrogens is 308 g/mol. The minimum Gasteiger partial charge on any atom is -0.490 e. The van der Waals surface area contributed by atoms with Gasteiger partial charge in [-0.1, -0.05) is 12.1 Å². The summed E-state index contributed by atoms with van der Waals surface area (Å²) in [5, 5.41) is 4.09. The Balaban J connectivity index is 1.44. The molecule has 3 rings (SSSR count). The maximum atomic E-state index is 11.9. The minimum atomic E-state index is -0.505. The molecule has 0 saturated carbocycles. The molecule has 0 unspecified atom stereocenters. The molecule has 0 bridgehead atoms. The summed E-state index contributed by atoms with van der Waals surface area (Å²) in [7, 11) is 0. The predicted molar refractivity (Wildman–Crippen MR) is 87.0 cm³/mol. The summed E-state index contributed by atoms with van der Waals surface area (Å²) in [6.45, 7) is 2.90. The van der Waals surface area contributed by atoms with Crippen molar-refractivity contribution in [3.63, 3.8) is 0 Å². The van der Waals surface area contributed by atoms with Crippen LogP contribution >= 0.6 is 0 Å². The molecule has 0 aliphatic carbocycles. The molecule has 2 aromatic heterocycles. The monoisotopic (exact) mass is 326 g/mol. The highest BCUT2D eigenvalue weighted by atomic mass is 16.6. The van der Waals surface area contributed by atoms with Crippen LogP contribution in [0.4, 0.5) is 0 Å². The van der Waals surface area contributed by atoms with Crippen LogP contribution in [0.3, 0.4) is 0 Å². The van der Waals surface area contributed by atoms with Crippen molar-refractivity contribution in [3.8, 4) is 5.75 Å². The molecule has 124 valence electrons. The van der Waals surface area contributed by atoms with Crippen LogP contribution in [0.2, 0.25) is 0 Å². The molecule has 6 nitrogen and oxygen atoms in total. The molecular formula is C18H18N2O4. The van der Waals surface area contributed by atoms with Gasteiger partial charge in [0.15, 0.2) is 0 Å². The lowest BCUT2D eigenvalue weighted by Gasteiger charge is -2.07. The minimum absolute atomic E-state index is 0.155. The first kappa shape index (κ1) is 15.9. The number of aromatic nitrogens is 2. The molecule has 2 heterocycles. The average molecular weight is 326 g/mol. The second-order valence-electron chi connectivity index (χ2n) is 5.27. The Morgan fingerprint density at radius 2 is 2.12 bits per heavy atom. The predicted octanol–water partition coefficient (Wildman–Crippen LogP) is 3.07. The average Bonchev–Trinajstić information content (AvgIpc) is 3.24. The number of carbonyl (C=O) groups excluding carboxylic acids is 1. The highest BCUT2D eigenvalue weighted by Gasteiger charge is 2.13. The number of benzene rings is 1. The number of esters is 1. The Kier molecular flexibility index (Phi) is 4.96. The molecule has 0 saturated heterocycles. The van der Waals surface area contributed by atoms with E-state index in [2.05, 4.69) is 5.10 Å². The molecule has 3 aromatic rings. The Morgan fingerprint density at radius 1 is 1.21 bits per heavy atom. The number of furan rings is 1. The van der Waals surface area contributed by atoms with E-state index in [4.69, 9.17) is 13.9 Å². The number of hydrogen-bond acceptors (Lipinski definition) is 5. The fraction of sp³-hybridized carbons (Fsp3) is 0.222. The number of aryl methyl sites for hydroxylation is 1. The summed E-state index contributed by atoms with van der Waals surface area (Å²) < 4.78 is 17.9. The molecule has 24 heavy (non-hydrogen) atoms. The van der Waals surface area contributed by atoms with Gasteiger partial charge in [-0.15, -0.1) is 0 Å². The molecule has 6 heteroatoms. The summed E-state index contributed by atoms with van der Waals surface area (Å²) in [5.74, 6) is 1.06. The molecule has 0 amide bonds. The topological polar surface area (TPSA) is 66.5 Å². The van der Waals surface area contributed by atoms with Crippen LogP contribution in [0.1, 0.15) is 21.9 Å². The van der Waals surface area contributed by atoms with Crippen LogP contribution in [0.15, 0.2) is 59.3 Å². The smallest absolute Gasteiger partial charge is 0.374 e.